The molecule has 0 saturated heterocycles. The van der Waals surface area contributed by atoms with E-state index in [2.05, 4.69) is 49.9 Å². The number of thiazole rings is 1. The molecular weight excluding hydrogens is 472 g/mol. The summed E-state index contributed by atoms with van der Waals surface area (Å²) in [6, 6.07) is 10.3. The molecule has 4 aromatic heterocycles. The smallest absolute Gasteiger partial charge is 0.253 e. The van der Waals surface area contributed by atoms with Crippen molar-refractivity contribution in [2.45, 2.75) is 52.5 Å². The Morgan fingerprint density at radius 1 is 1.17 bits per heavy atom. The molecule has 0 spiro atoms. The summed E-state index contributed by atoms with van der Waals surface area (Å²) >= 11 is 3.33. The maximum Gasteiger partial charge on any atom is 0.253 e. The maximum atomic E-state index is 13.2. The van der Waals surface area contributed by atoms with Gasteiger partial charge in [0.2, 0.25) is 0 Å². The fourth-order valence-corrected chi connectivity index (χ4v) is 6.03. The molecule has 35 heavy (non-hydrogen) atoms. The van der Waals surface area contributed by atoms with Crippen molar-refractivity contribution in [3.63, 3.8) is 0 Å². The second-order valence-electron chi connectivity index (χ2n) is 9.03. The third-order valence-electron chi connectivity index (χ3n) is 6.55. The minimum absolute atomic E-state index is 0.0109. The van der Waals surface area contributed by atoms with Crippen LogP contribution in [0, 0.1) is 13.8 Å². The van der Waals surface area contributed by atoms with Gasteiger partial charge in [-0.2, -0.15) is 0 Å². The number of pyridine rings is 1. The summed E-state index contributed by atoms with van der Waals surface area (Å²) in [5.74, 6) is -0.0109. The molecule has 7 heteroatoms. The van der Waals surface area contributed by atoms with Gasteiger partial charge in [-0.05, 0) is 75.6 Å². The van der Waals surface area contributed by atoms with Gasteiger partial charge < -0.3 is 9.88 Å². The predicted molar refractivity (Wildman–Crippen MR) is 145 cm³/mol. The molecule has 0 unspecified atom stereocenters. The molecule has 1 amide bonds. The summed E-state index contributed by atoms with van der Waals surface area (Å²) in [6.45, 7) is 5.41. The van der Waals surface area contributed by atoms with Gasteiger partial charge >= 0.3 is 0 Å². The van der Waals surface area contributed by atoms with Gasteiger partial charge in [-0.15, -0.1) is 22.7 Å². The standard InChI is InChI=1S/C28H30N4OS2/c1-19-10-11-22(16-30-19)28-31-25(18-35-28)26-15-24(20(2)32(26)17-23-9-6-14-34-23)27(33)29-13-12-21-7-4-3-5-8-21/h6-7,9-11,14-16,18H,3-5,8,12-13,17H2,1-2H3,(H,29,33). The van der Waals surface area contributed by atoms with Gasteiger partial charge in [0.15, 0.2) is 0 Å². The largest absolute Gasteiger partial charge is 0.352 e. The van der Waals surface area contributed by atoms with Crippen LogP contribution in [0.5, 0.6) is 0 Å². The predicted octanol–water partition coefficient (Wildman–Crippen LogP) is 7.02. The van der Waals surface area contributed by atoms with Gasteiger partial charge in [-0.3, -0.25) is 9.78 Å². The highest BCUT2D eigenvalue weighted by Gasteiger charge is 2.21. The number of rotatable bonds is 8. The summed E-state index contributed by atoms with van der Waals surface area (Å²) in [4.78, 5) is 23.8. The van der Waals surface area contributed by atoms with Crippen molar-refractivity contribution in [1.82, 2.24) is 19.9 Å². The van der Waals surface area contributed by atoms with Crippen LogP contribution in [0.15, 0.2) is 58.9 Å². The van der Waals surface area contributed by atoms with Crippen LogP contribution in [-0.4, -0.2) is 27.0 Å². The summed E-state index contributed by atoms with van der Waals surface area (Å²) in [5.41, 5.74) is 7.02. The van der Waals surface area contributed by atoms with Crippen LogP contribution >= 0.6 is 22.7 Å². The fraction of sp³-hybridized carbons (Fsp3) is 0.321. The highest BCUT2D eigenvalue weighted by Crippen LogP contribution is 2.32. The number of allylic oxidation sites excluding steroid dienone is 1. The Morgan fingerprint density at radius 3 is 2.83 bits per heavy atom. The first kappa shape index (κ1) is 23.7. The van der Waals surface area contributed by atoms with E-state index < -0.39 is 0 Å². The Bertz CT molecular complexity index is 1330. The molecule has 5 rings (SSSR count). The van der Waals surface area contributed by atoms with Gasteiger partial charge in [-0.25, -0.2) is 4.98 Å². The molecule has 5 nitrogen and oxygen atoms in total. The summed E-state index contributed by atoms with van der Waals surface area (Å²) in [6.07, 6.45) is 10.0. The van der Waals surface area contributed by atoms with Gasteiger partial charge in [0, 0.05) is 40.0 Å². The lowest BCUT2D eigenvalue weighted by atomic mass is 9.97. The van der Waals surface area contributed by atoms with E-state index in [0.29, 0.717) is 6.54 Å². The third-order valence-corrected chi connectivity index (χ3v) is 8.30. The summed E-state index contributed by atoms with van der Waals surface area (Å²) in [5, 5.41) is 8.25. The Hall–Kier alpha value is -3.03. The molecule has 0 bridgehead atoms. The highest BCUT2D eigenvalue weighted by atomic mass is 32.1. The van der Waals surface area contributed by atoms with Gasteiger partial charge in [-0.1, -0.05) is 17.7 Å². The van der Waals surface area contributed by atoms with Crippen molar-refractivity contribution >= 4 is 28.6 Å². The average molecular weight is 503 g/mol. The second-order valence-corrected chi connectivity index (χ2v) is 10.9. The number of amides is 1. The van der Waals surface area contributed by atoms with Crippen molar-refractivity contribution in [2.24, 2.45) is 0 Å². The van der Waals surface area contributed by atoms with E-state index >= 15 is 0 Å². The molecule has 4 heterocycles. The first-order valence-electron chi connectivity index (χ1n) is 12.2. The van der Waals surface area contributed by atoms with Crippen molar-refractivity contribution in [1.29, 1.82) is 0 Å². The van der Waals surface area contributed by atoms with Gasteiger partial charge in [0.1, 0.15) is 5.01 Å². The van der Waals surface area contributed by atoms with Crippen LogP contribution in [0.25, 0.3) is 22.0 Å². The molecule has 0 aliphatic heterocycles. The van der Waals surface area contributed by atoms with Gasteiger partial charge in [0.05, 0.1) is 23.5 Å². The topological polar surface area (TPSA) is 59.8 Å². The van der Waals surface area contributed by atoms with E-state index in [1.807, 2.05) is 32.2 Å². The molecule has 0 atom stereocenters. The summed E-state index contributed by atoms with van der Waals surface area (Å²) < 4.78 is 2.22. The molecule has 0 saturated carbocycles. The van der Waals surface area contributed by atoms with Crippen molar-refractivity contribution in [3.8, 4) is 22.0 Å². The number of aryl methyl sites for hydroxylation is 1. The second kappa shape index (κ2) is 10.7. The summed E-state index contributed by atoms with van der Waals surface area (Å²) in [7, 11) is 0. The lowest BCUT2D eigenvalue weighted by Gasteiger charge is -2.13. The Kier molecular flexibility index (Phi) is 7.25. The van der Waals surface area contributed by atoms with Gasteiger partial charge in [0.25, 0.3) is 5.91 Å². The lowest BCUT2D eigenvalue weighted by Crippen LogP contribution is -2.25. The molecule has 1 N–H and O–H groups in total. The Labute approximate surface area is 214 Å². The third kappa shape index (κ3) is 5.46. The van der Waals surface area contributed by atoms with Crippen LogP contribution in [-0.2, 0) is 6.54 Å². The van der Waals surface area contributed by atoms with Crippen molar-refractivity contribution in [3.05, 3.63) is 80.8 Å². The minimum Gasteiger partial charge on any atom is -0.352 e. The zero-order chi connectivity index (χ0) is 24.2. The maximum absolute atomic E-state index is 13.2. The number of carbonyl (C=O) groups excluding carboxylic acids is 1. The van der Waals surface area contributed by atoms with E-state index in [-0.39, 0.29) is 5.91 Å². The van der Waals surface area contributed by atoms with Crippen molar-refractivity contribution < 1.29 is 4.79 Å². The molecule has 0 aromatic carbocycles. The van der Waals surface area contributed by atoms with Crippen LogP contribution in [0.3, 0.4) is 0 Å². The number of nitrogens with zero attached hydrogens (tertiary/aromatic N) is 3. The number of aromatic nitrogens is 3. The Morgan fingerprint density at radius 2 is 2.09 bits per heavy atom. The van der Waals surface area contributed by atoms with E-state index in [0.717, 1.165) is 51.9 Å². The van der Waals surface area contributed by atoms with E-state index in [4.69, 9.17) is 4.98 Å². The van der Waals surface area contributed by atoms with E-state index in [9.17, 15) is 4.79 Å². The number of hydrogen-bond acceptors (Lipinski definition) is 5. The van der Waals surface area contributed by atoms with Crippen LogP contribution in [0.1, 0.15) is 58.7 Å². The average Bonchev–Trinajstić information content (AvgIpc) is 3.62. The monoisotopic (exact) mass is 502 g/mol. The zero-order valence-corrected chi connectivity index (χ0v) is 21.8. The Balaban J connectivity index is 1.41. The molecule has 0 fully saturated rings. The normalized spacial score (nSPS) is 13.6. The molecule has 0 radical (unpaired) electrons. The molecule has 1 aliphatic rings. The van der Waals surface area contributed by atoms with Crippen LogP contribution in [0.4, 0.5) is 0 Å². The van der Waals surface area contributed by atoms with Crippen LogP contribution < -0.4 is 5.32 Å². The first-order chi connectivity index (χ1) is 17.1. The fourth-order valence-electron chi connectivity index (χ4n) is 4.53. The molecule has 180 valence electrons. The van der Waals surface area contributed by atoms with E-state index in [1.165, 1.54) is 36.1 Å². The zero-order valence-electron chi connectivity index (χ0n) is 20.2. The molecule has 1 aliphatic carbocycles. The van der Waals surface area contributed by atoms with Crippen molar-refractivity contribution in [2.75, 3.05) is 6.54 Å². The lowest BCUT2D eigenvalue weighted by molar-refractivity contribution is 0.0953. The quantitative estimate of drug-likeness (QED) is 0.263. The number of carbonyl (C=O) groups is 1. The minimum atomic E-state index is -0.0109. The number of thiophene rings is 1. The number of hydrogen-bond donors (Lipinski definition) is 1. The first-order valence-corrected chi connectivity index (χ1v) is 13.9. The van der Waals surface area contributed by atoms with E-state index in [1.54, 1.807) is 22.7 Å². The highest BCUT2D eigenvalue weighted by molar-refractivity contribution is 7.13. The molecule has 4 aromatic rings. The SMILES string of the molecule is Cc1ccc(-c2nc(-c3cc(C(=O)NCCC4=CCCCC4)c(C)n3Cc3cccs3)cs2)cn1. The number of nitrogens with one attached hydrogen (secondary N) is 1. The molecular formula is C28H30N4OS2. The van der Waals surface area contributed by atoms with Crippen LogP contribution in [0.2, 0.25) is 0 Å².